The van der Waals surface area contributed by atoms with Gasteiger partial charge in [-0.05, 0) is 31.5 Å². The predicted octanol–water partition coefficient (Wildman–Crippen LogP) is 1.90. The number of esters is 1. The molecule has 1 aromatic rings. The van der Waals surface area contributed by atoms with Crippen molar-refractivity contribution in [2.24, 2.45) is 11.1 Å². The van der Waals surface area contributed by atoms with E-state index in [2.05, 4.69) is 4.74 Å². The van der Waals surface area contributed by atoms with E-state index in [-0.39, 0.29) is 5.56 Å². The van der Waals surface area contributed by atoms with Crippen molar-refractivity contribution in [2.45, 2.75) is 19.9 Å². The molecule has 1 rings (SSSR count). The summed E-state index contributed by atoms with van der Waals surface area (Å²) in [6.45, 7) is 3.28. The van der Waals surface area contributed by atoms with Gasteiger partial charge in [0.15, 0.2) is 0 Å². The summed E-state index contributed by atoms with van der Waals surface area (Å²) in [4.78, 5) is 11.6. The lowest BCUT2D eigenvalue weighted by molar-refractivity contribution is -0.152. The maximum absolute atomic E-state index is 13.2. The fourth-order valence-electron chi connectivity index (χ4n) is 1.63. The van der Waals surface area contributed by atoms with E-state index in [4.69, 9.17) is 11.0 Å². The van der Waals surface area contributed by atoms with Crippen LogP contribution in [0.3, 0.4) is 0 Å². The fraction of sp³-hybridized carbons (Fsp3) is 0.385. The number of carbonyl (C=O) groups is 1. The monoisotopic (exact) mass is 250 g/mol. The van der Waals surface area contributed by atoms with Crippen LogP contribution < -0.4 is 5.73 Å². The summed E-state index contributed by atoms with van der Waals surface area (Å²) in [7, 11) is 1.28. The highest BCUT2D eigenvalue weighted by Crippen LogP contribution is 2.33. The molecule has 0 bridgehead atoms. The molecule has 0 heterocycles. The molecule has 4 nitrogen and oxygen atoms in total. The Morgan fingerprint density at radius 2 is 2.17 bits per heavy atom. The molecule has 96 valence electrons. The molecule has 0 fully saturated rings. The highest BCUT2D eigenvalue weighted by Gasteiger charge is 2.36. The molecule has 2 N–H and O–H groups in total. The van der Waals surface area contributed by atoms with Crippen molar-refractivity contribution in [3.63, 3.8) is 0 Å². The number of ether oxygens (including phenoxy) is 1. The van der Waals surface area contributed by atoms with Gasteiger partial charge in [-0.25, -0.2) is 4.39 Å². The molecule has 1 atom stereocenters. The first-order chi connectivity index (χ1) is 8.34. The van der Waals surface area contributed by atoms with Gasteiger partial charge in [-0.15, -0.1) is 0 Å². The molecule has 0 spiro atoms. The zero-order chi connectivity index (χ0) is 13.9. The normalized spacial score (nSPS) is 12.7. The van der Waals surface area contributed by atoms with Crippen LogP contribution >= 0.6 is 0 Å². The number of carbonyl (C=O) groups excluding carboxylic acids is 1. The molecule has 1 aromatic carbocycles. The van der Waals surface area contributed by atoms with Crippen molar-refractivity contribution in [1.29, 1.82) is 5.26 Å². The second kappa shape index (κ2) is 5.15. The van der Waals surface area contributed by atoms with Gasteiger partial charge in [0.25, 0.3) is 0 Å². The Kier molecular flexibility index (Phi) is 4.04. The number of benzene rings is 1. The molecule has 0 aliphatic rings. The molecule has 0 aliphatic heterocycles. The van der Waals surface area contributed by atoms with E-state index in [0.29, 0.717) is 5.56 Å². The lowest BCUT2D eigenvalue weighted by Gasteiger charge is -2.29. The lowest BCUT2D eigenvalue weighted by Crippen LogP contribution is -2.37. The third-order valence-electron chi connectivity index (χ3n) is 2.96. The predicted molar refractivity (Wildman–Crippen MR) is 63.8 cm³/mol. The number of methoxy groups -OCH3 is 1. The molecule has 0 unspecified atom stereocenters. The van der Waals surface area contributed by atoms with Crippen LogP contribution in [0.5, 0.6) is 0 Å². The van der Waals surface area contributed by atoms with Gasteiger partial charge < -0.3 is 10.5 Å². The third kappa shape index (κ3) is 2.49. The second-order valence-electron chi connectivity index (χ2n) is 4.54. The number of halogens is 1. The standard InChI is InChI=1S/C13H15FN2O2/c1-13(2,12(17)18-3)11(16)8-4-5-10(14)9(6-8)7-15/h4-6,11H,16H2,1-3H3/t11-/m1/s1. The van der Waals surface area contributed by atoms with E-state index in [9.17, 15) is 9.18 Å². The van der Waals surface area contributed by atoms with Crippen LogP contribution in [0, 0.1) is 22.6 Å². The first kappa shape index (κ1) is 14.1. The van der Waals surface area contributed by atoms with Crippen molar-refractivity contribution in [2.75, 3.05) is 7.11 Å². The molecule has 0 aliphatic carbocycles. The van der Waals surface area contributed by atoms with Gasteiger partial charge in [-0.1, -0.05) is 6.07 Å². The van der Waals surface area contributed by atoms with E-state index in [1.54, 1.807) is 19.9 Å². The number of nitrogens with two attached hydrogens (primary N) is 1. The van der Waals surface area contributed by atoms with E-state index < -0.39 is 23.2 Å². The van der Waals surface area contributed by atoms with Gasteiger partial charge in [-0.3, -0.25) is 4.79 Å². The van der Waals surface area contributed by atoms with Gasteiger partial charge in [-0.2, -0.15) is 5.26 Å². The van der Waals surface area contributed by atoms with Gasteiger partial charge in [0.05, 0.1) is 18.1 Å². The second-order valence-corrected chi connectivity index (χ2v) is 4.54. The van der Waals surface area contributed by atoms with E-state index in [1.165, 1.54) is 25.3 Å². The van der Waals surface area contributed by atoms with Crippen LogP contribution in [0.15, 0.2) is 18.2 Å². The van der Waals surface area contributed by atoms with Crippen molar-refractivity contribution in [1.82, 2.24) is 0 Å². The molecule has 0 aromatic heterocycles. The number of hydrogen-bond acceptors (Lipinski definition) is 4. The van der Waals surface area contributed by atoms with Crippen molar-refractivity contribution in [3.05, 3.63) is 35.1 Å². The topological polar surface area (TPSA) is 76.1 Å². The highest BCUT2D eigenvalue weighted by molar-refractivity contribution is 5.77. The molecular formula is C13H15FN2O2. The van der Waals surface area contributed by atoms with Crippen molar-refractivity contribution >= 4 is 5.97 Å². The van der Waals surface area contributed by atoms with E-state index in [1.807, 2.05) is 0 Å². The number of rotatable bonds is 3. The average molecular weight is 250 g/mol. The minimum absolute atomic E-state index is 0.0939. The summed E-state index contributed by atoms with van der Waals surface area (Å²) < 4.78 is 17.9. The van der Waals surface area contributed by atoms with Gasteiger partial charge in [0.1, 0.15) is 11.9 Å². The van der Waals surface area contributed by atoms with Crippen LogP contribution in [0.1, 0.15) is 31.0 Å². The number of hydrogen-bond donors (Lipinski definition) is 1. The van der Waals surface area contributed by atoms with Gasteiger partial charge in [0.2, 0.25) is 0 Å². The molecule has 0 radical (unpaired) electrons. The van der Waals surface area contributed by atoms with Crippen molar-refractivity contribution < 1.29 is 13.9 Å². The summed E-state index contributed by atoms with van der Waals surface area (Å²) in [6, 6.07) is 5.04. The molecule has 0 amide bonds. The van der Waals surface area contributed by atoms with E-state index >= 15 is 0 Å². The quantitative estimate of drug-likeness (QED) is 0.831. The Bertz CT molecular complexity index is 506. The largest absolute Gasteiger partial charge is 0.469 e. The maximum atomic E-state index is 13.2. The Labute approximate surface area is 105 Å². The lowest BCUT2D eigenvalue weighted by atomic mass is 9.80. The third-order valence-corrected chi connectivity index (χ3v) is 2.96. The van der Waals surface area contributed by atoms with Crippen LogP contribution in [-0.2, 0) is 9.53 Å². The van der Waals surface area contributed by atoms with Crippen LogP contribution in [0.2, 0.25) is 0 Å². The zero-order valence-electron chi connectivity index (χ0n) is 10.5. The molecule has 18 heavy (non-hydrogen) atoms. The summed E-state index contributed by atoms with van der Waals surface area (Å²) in [6.07, 6.45) is 0. The Hall–Kier alpha value is -1.93. The Morgan fingerprint density at radius 3 is 2.67 bits per heavy atom. The average Bonchev–Trinajstić information content (AvgIpc) is 2.37. The van der Waals surface area contributed by atoms with Crippen LogP contribution in [0.25, 0.3) is 0 Å². The maximum Gasteiger partial charge on any atom is 0.313 e. The minimum Gasteiger partial charge on any atom is -0.469 e. The number of nitriles is 1. The Morgan fingerprint density at radius 1 is 1.56 bits per heavy atom. The first-order valence-corrected chi connectivity index (χ1v) is 5.38. The van der Waals surface area contributed by atoms with Gasteiger partial charge in [0, 0.05) is 6.04 Å². The fourth-order valence-corrected chi connectivity index (χ4v) is 1.63. The molecule has 0 saturated heterocycles. The molecular weight excluding hydrogens is 235 g/mol. The SMILES string of the molecule is COC(=O)C(C)(C)[C@H](N)c1ccc(F)c(C#N)c1. The Balaban J connectivity index is 3.16. The zero-order valence-corrected chi connectivity index (χ0v) is 10.5. The summed E-state index contributed by atoms with van der Waals surface area (Å²) in [5.74, 6) is -1.07. The molecule has 5 heteroatoms. The minimum atomic E-state index is -0.959. The van der Waals surface area contributed by atoms with Crippen LogP contribution in [0.4, 0.5) is 4.39 Å². The summed E-state index contributed by atoms with van der Waals surface area (Å²) in [5, 5.41) is 8.76. The van der Waals surface area contributed by atoms with Gasteiger partial charge >= 0.3 is 5.97 Å². The number of nitrogens with zero attached hydrogens (tertiary/aromatic N) is 1. The summed E-state index contributed by atoms with van der Waals surface area (Å²) >= 11 is 0. The van der Waals surface area contributed by atoms with Crippen molar-refractivity contribution in [3.8, 4) is 6.07 Å². The first-order valence-electron chi connectivity index (χ1n) is 5.38. The highest BCUT2D eigenvalue weighted by atomic mass is 19.1. The smallest absolute Gasteiger partial charge is 0.313 e. The summed E-state index contributed by atoms with van der Waals surface area (Å²) in [5.41, 5.74) is 5.45. The molecule has 0 saturated carbocycles. The van der Waals surface area contributed by atoms with Crippen LogP contribution in [-0.4, -0.2) is 13.1 Å². The van der Waals surface area contributed by atoms with E-state index in [0.717, 1.165) is 0 Å².